The van der Waals surface area contributed by atoms with E-state index in [0.29, 0.717) is 31.8 Å². The Morgan fingerprint density at radius 3 is 2.76 bits per heavy atom. The first-order chi connectivity index (χ1) is 11.9. The van der Waals surface area contributed by atoms with Crippen molar-refractivity contribution in [1.29, 1.82) is 0 Å². The highest BCUT2D eigenvalue weighted by Gasteiger charge is 2.25. The number of hydrogen-bond donors (Lipinski definition) is 1. The van der Waals surface area contributed by atoms with Gasteiger partial charge in [-0.05, 0) is 12.0 Å². The minimum atomic E-state index is -3.38. The average molecular weight is 363 g/mol. The van der Waals surface area contributed by atoms with Crippen molar-refractivity contribution in [2.45, 2.75) is 25.8 Å². The van der Waals surface area contributed by atoms with E-state index in [9.17, 15) is 13.2 Å². The molecular weight excluding hydrogens is 342 g/mol. The molecule has 0 bridgehead atoms. The SMILES string of the molecule is CS(=O)(=O)NCC(=O)N1CCc2oc(CCc3ccccc3)nc2C1. The molecule has 0 aliphatic carbocycles. The predicted octanol–water partition coefficient (Wildman–Crippen LogP) is 0.894. The summed E-state index contributed by atoms with van der Waals surface area (Å²) in [5.41, 5.74) is 1.99. The number of aryl methyl sites for hydroxylation is 2. The van der Waals surface area contributed by atoms with Crippen molar-refractivity contribution in [3.05, 3.63) is 53.2 Å². The number of hydrogen-bond acceptors (Lipinski definition) is 5. The maximum absolute atomic E-state index is 12.1. The number of fused-ring (bicyclic) bond motifs is 1. The Kier molecular flexibility index (Phi) is 5.19. The third-order valence-electron chi connectivity index (χ3n) is 4.08. The first-order valence-electron chi connectivity index (χ1n) is 8.14. The molecular formula is C17H21N3O4S. The van der Waals surface area contributed by atoms with Crippen LogP contribution in [0.5, 0.6) is 0 Å². The molecule has 3 rings (SSSR count). The number of benzene rings is 1. The standard InChI is InChI=1S/C17H21N3O4S/c1-25(22,23)18-11-17(21)20-10-9-15-14(12-20)19-16(24-15)8-7-13-5-3-2-4-6-13/h2-6,18H,7-12H2,1H3. The number of nitrogens with zero attached hydrogens (tertiary/aromatic N) is 2. The highest BCUT2D eigenvalue weighted by molar-refractivity contribution is 7.88. The van der Waals surface area contributed by atoms with Crippen LogP contribution in [0.2, 0.25) is 0 Å². The summed E-state index contributed by atoms with van der Waals surface area (Å²) in [6.45, 7) is 0.631. The van der Waals surface area contributed by atoms with Crippen LogP contribution < -0.4 is 4.72 Å². The molecule has 0 unspecified atom stereocenters. The zero-order chi connectivity index (χ0) is 17.9. The van der Waals surface area contributed by atoms with Crippen LogP contribution in [0.3, 0.4) is 0 Å². The van der Waals surface area contributed by atoms with E-state index < -0.39 is 10.0 Å². The zero-order valence-corrected chi connectivity index (χ0v) is 14.9. The summed E-state index contributed by atoms with van der Waals surface area (Å²) >= 11 is 0. The molecule has 8 heteroatoms. The molecule has 2 aromatic rings. The van der Waals surface area contributed by atoms with E-state index >= 15 is 0 Å². The molecule has 0 saturated heterocycles. The van der Waals surface area contributed by atoms with Gasteiger partial charge in [-0.3, -0.25) is 4.79 Å². The monoisotopic (exact) mass is 363 g/mol. The lowest BCUT2D eigenvalue weighted by molar-refractivity contribution is -0.130. The van der Waals surface area contributed by atoms with E-state index in [1.807, 2.05) is 18.2 Å². The Balaban J connectivity index is 1.58. The van der Waals surface area contributed by atoms with E-state index in [1.54, 1.807) is 4.90 Å². The van der Waals surface area contributed by atoms with Gasteiger partial charge in [-0.1, -0.05) is 30.3 Å². The van der Waals surface area contributed by atoms with Crippen molar-refractivity contribution < 1.29 is 17.6 Å². The fourth-order valence-corrected chi connectivity index (χ4v) is 3.16. The molecule has 0 fully saturated rings. The molecule has 0 spiro atoms. The predicted molar refractivity (Wildman–Crippen MR) is 92.3 cm³/mol. The summed E-state index contributed by atoms with van der Waals surface area (Å²) in [5.74, 6) is 1.24. The second kappa shape index (κ2) is 7.37. The number of carbonyl (C=O) groups excluding carboxylic acids is 1. The molecule has 0 saturated carbocycles. The third-order valence-corrected chi connectivity index (χ3v) is 4.75. The molecule has 1 aliphatic rings. The van der Waals surface area contributed by atoms with Crippen molar-refractivity contribution >= 4 is 15.9 Å². The Hall–Kier alpha value is -2.19. The Morgan fingerprint density at radius 2 is 2.04 bits per heavy atom. The molecule has 1 aliphatic heterocycles. The number of amides is 1. The van der Waals surface area contributed by atoms with Gasteiger partial charge in [0.05, 0.1) is 19.3 Å². The van der Waals surface area contributed by atoms with Crippen LogP contribution >= 0.6 is 0 Å². The smallest absolute Gasteiger partial charge is 0.237 e. The Morgan fingerprint density at radius 1 is 1.28 bits per heavy atom. The van der Waals surface area contributed by atoms with Gasteiger partial charge >= 0.3 is 0 Å². The van der Waals surface area contributed by atoms with Crippen LogP contribution in [0.25, 0.3) is 0 Å². The summed E-state index contributed by atoms with van der Waals surface area (Å²) in [6.07, 6.45) is 3.19. The van der Waals surface area contributed by atoms with Crippen LogP contribution in [0, 0.1) is 0 Å². The first kappa shape index (κ1) is 17.6. The lowest BCUT2D eigenvalue weighted by Gasteiger charge is -2.25. The fraction of sp³-hybridized carbons (Fsp3) is 0.412. The number of rotatable bonds is 6. The lowest BCUT2D eigenvalue weighted by atomic mass is 10.1. The second-order valence-electron chi connectivity index (χ2n) is 6.12. The van der Waals surface area contributed by atoms with Gasteiger partial charge in [-0.25, -0.2) is 18.1 Å². The number of sulfonamides is 1. The number of aromatic nitrogens is 1. The van der Waals surface area contributed by atoms with E-state index in [2.05, 4.69) is 21.8 Å². The molecule has 1 N–H and O–H groups in total. The first-order valence-corrected chi connectivity index (χ1v) is 10.0. The van der Waals surface area contributed by atoms with Gasteiger partial charge < -0.3 is 9.32 Å². The molecule has 25 heavy (non-hydrogen) atoms. The average Bonchev–Trinajstić information content (AvgIpc) is 3.00. The van der Waals surface area contributed by atoms with Gasteiger partial charge in [0.2, 0.25) is 15.9 Å². The summed E-state index contributed by atoms with van der Waals surface area (Å²) in [5, 5.41) is 0. The Labute approximate surface area is 147 Å². The van der Waals surface area contributed by atoms with E-state index in [0.717, 1.165) is 24.1 Å². The van der Waals surface area contributed by atoms with Crippen LogP contribution in [-0.2, 0) is 40.6 Å². The molecule has 2 heterocycles. The minimum absolute atomic E-state index is 0.229. The molecule has 1 aromatic heterocycles. The topological polar surface area (TPSA) is 92.5 Å². The molecule has 7 nitrogen and oxygen atoms in total. The maximum atomic E-state index is 12.1. The van der Waals surface area contributed by atoms with E-state index in [4.69, 9.17) is 4.42 Å². The van der Waals surface area contributed by atoms with Gasteiger partial charge in [-0.2, -0.15) is 0 Å². The number of carbonyl (C=O) groups is 1. The molecule has 0 atom stereocenters. The normalized spacial score (nSPS) is 14.4. The molecule has 1 aromatic carbocycles. The van der Waals surface area contributed by atoms with Gasteiger partial charge in [0.1, 0.15) is 11.5 Å². The quantitative estimate of drug-likeness (QED) is 0.823. The van der Waals surface area contributed by atoms with E-state index in [-0.39, 0.29) is 12.5 Å². The van der Waals surface area contributed by atoms with E-state index in [1.165, 1.54) is 5.56 Å². The highest BCUT2D eigenvalue weighted by atomic mass is 32.2. The van der Waals surface area contributed by atoms with Crippen LogP contribution in [-0.4, -0.2) is 43.6 Å². The third kappa shape index (κ3) is 4.90. The largest absolute Gasteiger partial charge is 0.445 e. The van der Waals surface area contributed by atoms with Gasteiger partial charge in [0, 0.05) is 19.4 Å². The van der Waals surface area contributed by atoms with Crippen molar-refractivity contribution in [2.24, 2.45) is 0 Å². The van der Waals surface area contributed by atoms with Gasteiger partial charge in [0.25, 0.3) is 0 Å². The highest BCUT2D eigenvalue weighted by Crippen LogP contribution is 2.20. The van der Waals surface area contributed by atoms with Gasteiger partial charge in [0.15, 0.2) is 5.89 Å². The summed E-state index contributed by atoms with van der Waals surface area (Å²) in [6, 6.07) is 10.1. The zero-order valence-electron chi connectivity index (χ0n) is 14.1. The van der Waals surface area contributed by atoms with Crippen molar-refractivity contribution in [3.63, 3.8) is 0 Å². The molecule has 134 valence electrons. The van der Waals surface area contributed by atoms with Crippen LogP contribution in [0.4, 0.5) is 0 Å². The summed E-state index contributed by atoms with van der Waals surface area (Å²) in [7, 11) is -3.38. The van der Waals surface area contributed by atoms with Crippen molar-refractivity contribution in [2.75, 3.05) is 19.3 Å². The fourth-order valence-electron chi connectivity index (χ4n) is 2.77. The number of nitrogens with one attached hydrogen (secondary N) is 1. The van der Waals surface area contributed by atoms with Crippen LogP contribution in [0.1, 0.15) is 22.9 Å². The van der Waals surface area contributed by atoms with Crippen molar-refractivity contribution in [1.82, 2.24) is 14.6 Å². The minimum Gasteiger partial charge on any atom is -0.445 e. The number of oxazole rings is 1. The summed E-state index contributed by atoms with van der Waals surface area (Å²) < 4.78 is 30.2. The Bertz CT molecular complexity index is 846. The van der Waals surface area contributed by atoms with Crippen LogP contribution in [0.15, 0.2) is 34.7 Å². The lowest BCUT2D eigenvalue weighted by Crippen LogP contribution is -2.42. The second-order valence-corrected chi connectivity index (χ2v) is 7.95. The molecule has 0 radical (unpaired) electrons. The summed E-state index contributed by atoms with van der Waals surface area (Å²) in [4.78, 5) is 18.2. The molecule has 1 amide bonds. The van der Waals surface area contributed by atoms with Gasteiger partial charge in [-0.15, -0.1) is 0 Å². The maximum Gasteiger partial charge on any atom is 0.237 e. The van der Waals surface area contributed by atoms with Crippen molar-refractivity contribution in [3.8, 4) is 0 Å².